The van der Waals surface area contributed by atoms with Crippen molar-refractivity contribution in [1.82, 2.24) is 4.31 Å². The molecule has 3 aromatic rings. The van der Waals surface area contributed by atoms with Crippen molar-refractivity contribution >= 4 is 32.0 Å². The smallest absolute Gasteiger partial charge is 0.250 e. The molecule has 1 aromatic carbocycles. The minimum atomic E-state index is -3.89. The number of ether oxygens (including phenoxy) is 1. The van der Waals surface area contributed by atoms with Gasteiger partial charge in [-0.3, -0.25) is 4.79 Å². The molecule has 7 nitrogen and oxygen atoms in total. The highest BCUT2D eigenvalue weighted by molar-refractivity contribution is 7.89. The number of aryl methyl sites for hydroxylation is 1. The largest absolute Gasteiger partial charge is 0.495 e. The van der Waals surface area contributed by atoms with E-state index in [9.17, 15) is 13.2 Å². The predicted molar refractivity (Wildman–Crippen MR) is 96.2 cm³/mol. The van der Waals surface area contributed by atoms with Gasteiger partial charge in [0.25, 0.3) is 10.0 Å². The van der Waals surface area contributed by atoms with E-state index in [1.165, 1.54) is 23.7 Å². The summed E-state index contributed by atoms with van der Waals surface area (Å²) in [5, 5.41) is 0.550. The zero-order valence-corrected chi connectivity index (χ0v) is 15.4. The topological polar surface area (TPSA) is 90.0 Å². The Morgan fingerprint density at radius 1 is 1.15 bits per heavy atom. The molecule has 4 rings (SSSR count). The van der Waals surface area contributed by atoms with Crippen molar-refractivity contribution in [2.24, 2.45) is 0 Å². The molecule has 0 radical (unpaired) electrons. The molecule has 1 saturated heterocycles. The van der Waals surface area contributed by atoms with E-state index in [0.717, 1.165) is 19.3 Å². The van der Waals surface area contributed by atoms with Crippen LogP contribution in [0.3, 0.4) is 0 Å². The molecule has 0 atom stereocenters. The minimum Gasteiger partial charge on any atom is -0.495 e. The standard InChI is InChI=1S/C18H19NO6S/c1-11-10-13(20)14-15(23-2)12-6-9-24-16(12)18(17(14)25-11)26(21,22)19-7-4-3-5-8-19/h6,9-10H,3-5,7-8H2,1-2H3. The third-order valence-corrected chi connectivity index (χ3v) is 6.67. The maximum atomic E-state index is 13.4. The second-order valence-corrected chi connectivity index (χ2v) is 8.29. The zero-order valence-electron chi connectivity index (χ0n) is 14.6. The lowest BCUT2D eigenvalue weighted by Gasteiger charge is -2.26. The van der Waals surface area contributed by atoms with Crippen molar-refractivity contribution in [3.8, 4) is 5.75 Å². The Labute approximate surface area is 150 Å². The minimum absolute atomic E-state index is 0.0140. The number of methoxy groups -OCH3 is 1. The molecular weight excluding hydrogens is 358 g/mol. The lowest BCUT2D eigenvalue weighted by atomic mass is 10.1. The number of nitrogens with zero attached hydrogens (tertiary/aromatic N) is 1. The van der Waals surface area contributed by atoms with E-state index in [1.54, 1.807) is 13.0 Å². The fourth-order valence-corrected chi connectivity index (χ4v) is 5.33. The highest BCUT2D eigenvalue weighted by atomic mass is 32.2. The molecule has 0 N–H and O–H groups in total. The van der Waals surface area contributed by atoms with Gasteiger partial charge in [0.05, 0.1) is 18.8 Å². The molecule has 8 heteroatoms. The maximum absolute atomic E-state index is 13.4. The summed E-state index contributed by atoms with van der Waals surface area (Å²) < 4.78 is 44.9. The monoisotopic (exact) mass is 377 g/mol. The number of rotatable bonds is 3. The van der Waals surface area contributed by atoms with Crippen molar-refractivity contribution in [1.29, 1.82) is 0 Å². The first-order valence-corrected chi connectivity index (χ1v) is 9.91. The molecule has 1 fully saturated rings. The molecule has 26 heavy (non-hydrogen) atoms. The van der Waals surface area contributed by atoms with E-state index in [1.807, 2.05) is 0 Å². The highest BCUT2D eigenvalue weighted by Gasteiger charge is 2.34. The summed E-state index contributed by atoms with van der Waals surface area (Å²) in [6.07, 6.45) is 3.99. The van der Waals surface area contributed by atoms with Gasteiger partial charge in [0.15, 0.2) is 21.5 Å². The van der Waals surface area contributed by atoms with Gasteiger partial charge in [0, 0.05) is 19.2 Å². The van der Waals surface area contributed by atoms with Crippen LogP contribution in [-0.2, 0) is 10.0 Å². The molecule has 2 aromatic heterocycles. The first-order valence-electron chi connectivity index (χ1n) is 8.47. The summed E-state index contributed by atoms with van der Waals surface area (Å²) >= 11 is 0. The Morgan fingerprint density at radius 2 is 1.88 bits per heavy atom. The van der Waals surface area contributed by atoms with Gasteiger partial charge in [0.1, 0.15) is 16.9 Å². The highest BCUT2D eigenvalue weighted by Crippen LogP contribution is 2.41. The van der Waals surface area contributed by atoms with Gasteiger partial charge < -0.3 is 13.6 Å². The number of sulfonamides is 1. The molecule has 1 aliphatic heterocycles. The van der Waals surface area contributed by atoms with E-state index in [2.05, 4.69) is 0 Å². The van der Waals surface area contributed by atoms with E-state index >= 15 is 0 Å². The maximum Gasteiger partial charge on any atom is 0.250 e. The normalized spacial score (nSPS) is 16.4. The third-order valence-electron chi connectivity index (χ3n) is 4.74. The molecule has 0 aliphatic carbocycles. The van der Waals surface area contributed by atoms with Crippen LogP contribution >= 0.6 is 0 Å². The number of piperidine rings is 1. The van der Waals surface area contributed by atoms with Gasteiger partial charge in [-0.05, 0) is 25.8 Å². The van der Waals surface area contributed by atoms with Crippen molar-refractivity contribution in [3.63, 3.8) is 0 Å². The second kappa shape index (κ2) is 6.14. The van der Waals surface area contributed by atoms with E-state index < -0.39 is 10.0 Å². The lowest BCUT2D eigenvalue weighted by Crippen LogP contribution is -2.35. The summed E-state index contributed by atoms with van der Waals surface area (Å²) in [5.41, 5.74) is -0.215. The van der Waals surface area contributed by atoms with E-state index in [-0.39, 0.29) is 32.6 Å². The Bertz CT molecular complexity index is 1150. The summed E-state index contributed by atoms with van der Waals surface area (Å²) in [6.45, 7) is 2.49. The van der Waals surface area contributed by atoms with Crippen LogP contribution < -0.4 is 10.2 Å². The molecule has 138 valence electrons. The van der Waals surface area contributed by atoms with Crippen LogP contribution in [0, 0.1) is 6.92 Å². The molecule has 0 bridgehead atoms. The second-order valence-electron chi connectivity index (χ2n) is 6.42. The van der Waals surface area contributed by atoms with Gasteiger partial charge >= 0.3 is 0 Å². The number of hydrogen-bond acceptors (Lipinski definition) is 6. The summed E-state index contributed by atoms with van der Waals surface area (Å²) in [4.78, 5) is 12.5. The van der Waals surface area contributed by atoms with Crippen molar-refractivity contribution < 1.29 is 22.0 Å². The first-order chi connectivity index (χ1) is 12.4. The first kappa shape index (κ1) is 17.1. The van der Waals surface area contributed by atoms with Crippen molar-refractivity contribution in [2.45, 2.75) is 31.1 Å². The SMILES string of the molecule is COc1c2ccoc2c(S(=O)(=O)N2CCCCC2)c2oc(C)cc(=O)c12. The quantitative estimate of drug-likeness (QED) is 0.697. The third kappa shape index (κ3) is 2.44. The molecule has 0 unspecified atom stereocenters. The Morgan fingerprint density at radius 3 is 2.58 bits per heavy atom. The predicted octanol–water partition coefficient (Wildman–Crippen LogP) is 3.03. The average molecular weight is 377 g/mol. The summed E-state index contributed by atoms with van der Waals surface area (Å²) in [5.74, 6) is 0.584. The van der Waals surface area contributed by atoms with E-state index in [4.69, 9.17) is 13.6 Å². The zero-order chi connectivity index (χ0) is 18.5. The number of benzene rings is 1. The molecular formula is C18H19NO6S. The van der Waals surface area contributed by atoms with Crippen LogP contribution in [0.5, 0.6) is 5.75 Å². The van der Waals surface area contributed by atoms with Crippen molar-refractivity contribution in [3.05, 3.63) is 34.4 Å². The van der Waals surface area contributed by atoms with Crippen LogP contribution in [0.1, 0.15) is 25.0 Å². The Hall–Kier alpha value is -2.32. The van der Waals surface area contributed by atoms with E-state index in [0.29, 0.717) is 24.2 Å². The van der Waals surface area contributed by atoms with Crippen LogP contribution in [0.4, 0.5) is 0 Å². The van der Waals surface area contributed by atoms with Gasteiger partial charge in [-0.25, -0.2) is 8.42 Å². The Balaban J connectivity index is 2.17. The van der Waals surface area contributed by atoms with Gasteiger partial charge in [0.2, 0.25) is 0 Å². The van der Waals surface area contributed by atoms with Crippen LogP contribution in [-0.4, -0.2) is 32.9 Å². The summed E-state index contributed by atoms with van der Waals surface area (Å²) in [7, 11) is -2.46. The molecule has 0 spiro atoms. The van der Waals surface area contributed by atoms with Crippen LogP contribution in [0.2, 0.25) is 0 Å². The van der Waals surface area contributed by atoms with Crippen molar-refractivity contribution in [2.75, 3.05) is 20.2 Å². The van der Waals surface area contributed by atoms with Gasteiger partial charge in [-0.15, -0.1) is 0 Å². The van der Waals surface area contributed by atoms with Crippen LogP contribution in [0.25, 0.3) is 21.9 Å². The number of fused-ring (bicyclic) bond motifs is 2. The van der Waals surface area contributed by atoms with Gasteiger partial charge in [-0.1, -0.05) is 6.42 Å². The molecule has 0 amide bonds. The van der Waals surface area contributed by atoms with Gasteiger partial charge in [-0.2, -0.15) is 4.31 Å². The molecule has 0 saturated carbocycles. The average Bonchev–Trinajstić information content (AvgIpc) is 3.09. The summed E-state index contributed by atoms with van der Waals surface area (Å²) in [6, 6.07) is 2.93. The Kier molecular flexibility index (Phi) is 4.04. The molecule has 1 aliphatic rings. The molecule has 3 heterocycles. The lowest BCUT2D eigenvalue weighted by molar-refractivity contribution is 0.346. The fraction of sp³-hybridized carbons (Fsp3) is 0.389. The van der Waals surface area contributed by atoms with Crippen LogP contribution in [0.15, 0.2) is 36.9 Å². The number of furan rings is 1. The number of hydrogen-bond donors (Lipinski definition) is 0. The fourth-order valence-electron chi connectivity index (χ4n) is 3.57.